The van der Waals surface area contributed by atoms with Gasteiger partial charge in [-0.2, -0.15) is 0 Å². The van der Waals surface area contributed by atoms with Crippen LogP contribution in [0.2, 0.25) is 0 Å². The summed E-state index contributed by atoms with van der Waals surface area (Å²) in [5.74, 6) is 0.0728. The van der Waals surface area contributed by atoms with E-state index in [4.69, 9.17) is 5.73 Å². The molecule has 3 rings (SSSR count). The Hall–Kier alpha value is -0.660. The highest BCUT2D eigenvalue weighted by atomic mass is 79.9. The molecule has 2 heterocycles. The first kappa shape index (κ1) is 15.2. The SMILES string of the molecule is NCC(=CF)Cn1c(Br)c2c(c1Br)C(=O)N(C1CC1)CC2. The molecule has 1 aliphatic heterocycles. The summed E-state index contributed by atoms with van der Waals surface area (Å²) in [7, 11) is 0. The molecule has 0 spiro atoms. The Kier molecular flexibility index (Phi) is 4.25. The number of halogens is 3. The maximum Gasteiger partial charge on any atom is 0.257 e. The van der Waals surface area contributed by atoms with E-state index in [0.717, 1.165) is 36.0 Å². The zero-order valence-corrected chi connectivity index (χ0v) is 14.6. The molecule has 0 atom stereocenters. The number of rotatable bonds is 4. The molecule has 21 heavy (non-hydrogen) atoms. The van der Waals surface area contributed by atoms with Crippen LogP contribution in [0.3, 0.4) is 0 Å². The molecule has 4 nitrogen and oxygen atoms in total. The third-order valence-corrected chi connectivity index (χ3v) is 5.81. The zero-order valence-electron chi connectivity index (χ0n) is 11.4. The third-order valence-electron chi connectivity index (χ3n) is 4.07. The van der Waals surface area contributed by atoms with Crippen molar-refractivity contribution in [2.75, 3.05) is 13.1 Å². The van der Waals surface area contributed by atoms with Gasteiger partial charge in [0.1, 0.15) is 0 Å². The number of nitrogens with zero attached hydrogens (tertiary/aromatic N) is 2. The van der Waals surface area contributed by atoms with Crippen molar-refractivity contribution in [3.8, 4) is 0 Å². The predicted molar refractivity (Wildman–Crippen MR) is 85.8 cm³/mol. The van der Waals surface area contributed by atoms with E-state index in [-0.39, 0.29) is 12.5 Å². The van der Waals surface area contributed by atoms with Crippen LogP contribution in [0.1, 0.15) is 28.8 Å². The van der Waals surface area contributed by atoms with Crippen LogP contribution in [0.15, 0.2) is 21.1 Å². The molecule has 1 amide bonds. The Bertz CT molecular complexity index is 622. The number of fused-ring (bicyclic) bond motifs is 1. The number of hydrogen-bond acceptors (Lipinski definition) is 2. The van der Waals surface area contributed by atoms with Crippen LogP contribution >= 0.6 is 31.9 Å². The van der Waals surface area contributed by atoms with E-state index in [0.29, 0.717) is 34.7 Å². The molecular formula is C14H16Br2FN3O. The van der Waals surface area contributed by atoms with Gasteiger partial charge in [-0.1, -0.05) is 0 Å². The van der Waals surface area contributed by atoms with Gasteiger partial charge in [-0.25, -0.2) is 4.39 Å². The van der Waals surface area contributed by atoms with Gasteiger partial charge in [0.15, 0.2) is 0 Å². The smallest absolute Gasteiger partial charge is 0.257 e. The standard InChI is InChI=1S/C14H16Br2FN3O/c15-12-10-3-4-19(9-1-2-9)14(21)11(10)13(16)20(12)7-8(5-17)6-18/h5,9H,1-4,6-7,18H2. The van der Waals surface area contributed by atoms with E-state index in [1.807, 2.05) is 9.47 Å². The largest absolute Gasteiger partial charge is 0.335 e. The van der Waals surface area contributed by atoms with Crippen molar-refractivity contribution >= 4 is 37.8 Å². The molecule has 114 valence electrons. The monoisotopic (exact) mass is 419 g/mol. The first-order chi connectivity index (χ1) is 10.1. The first-order valence-electron chi connectivity index (χ1n) is 6.94. The summed E-state index contributed by atoms with van der Waals surface area (Å²) in [5, 5.41) is 0. The molecular weight excluding hydrogens is 405 g/mol. The van der Waals surface area contributed by atoms with Gasteiger partial charge in [0, 0.05) is 31.2 Å². The summed E-state index contributed by atoms with van der Waals surface area (Å²) in [6.45, 7) is 1.24. The van der Waals surface area contributed by atoms with Gasteiger partial charge in [0.05, 0.1) is 21.1 Å². The Balaban J connectivity index is 1.98. The second-order valence-corrected chi connectivity index (χ2v) is 6.97. The molecule has 1 saturated carbocycles. The van der Waals surface area contributed by atoms with E-state index < -0.39 is 0 Å². The fraction of sp³-hybridized carbons (Fsp3) is 0.500. The van der Waals surface area contributed by atoms with Gasteiger partial charge in [0.2, 0.25) is 0 Å². The summed E-state index contributed by atoms with van der Waals surface area (Å²) in [5.41, 5.74) is 7.71. The Morgan fingerprint density at radius 1 is 1.38 bits per heavy atom. The van der Waals surface area contributed by atoms with Crippen LogP contribution in [-0.2, 0) is 13.0 Å². The number of nitrogens with two attached hydrogens (primary N) is 1. The average Bonchev–Trinajstić information content (AvgIpc) is 3.28. The van der Waals surface area contributed by atoms with Crippen molar-refractivity contribution in [3.63, 3.8) is 0 Å². The molecule has 0 saturated heterocycles. The summed E-state index contributed by atoms with van der Waals surface area (Å²) in [4.78, 5) is 14.6. The Morgan fingerprint density at radius 2 is 2.10 bits per heavy atom. The summed E-state index contributed by atoms with van der Waals surface area (Å²) in [6, 6.07) is 0.407. The predicted octanol–water partition coefficient (Wildman–Crippen LogP) is 2.99. The molecule has 0 radical (unpaired) electrons. The second kappa shape index (κ2) is 5.85. The minimum atomic E-state index is 0.0728. The molecule has 2 N–H and O–H groups in total. The molecule has 0 bridgehead atoms. The average molecular weight is 421 g/mol. The minimum Gasteiger partial charge on any atom is -0.335 e. The van der Waals surface area contributed by atoms with E-state index in [1.165, 1.54) is 0 Å². The van der Waals surface area contributed by atoms with Gasteiger partial charge in [-0.15, -0.1) is 0 Å². The summed E-state index contributed by atoms with van der Waals surface area (Å²) < 4.78 is 16.2. The van der Waals surface area contributed by atoms with Crippen LogP contribution in [0.4, 0.5) is 4.39 Å². The quantitative estimate of drug-likeness (QED) is 0.813. The second-order valence-electron chi connectivity index (χ2n) is 5.47. The highest BCUT2D eigenvalue weighted by molar-refractivity contribution is 9.11. The molecule has 7 heteroatoms. The summed E-state index contributed by atoms with van der Waals surface area (Å²) >= 11 is 7.05. The Labute approximate surface area is 139 Å². The number of amides is 1. The van der Waals surface area contributed by atoms with Crippen LogP contribution in [0, 0.1) is 0 Å². The lowest BCUT2D eigenvalue weighted by Gasteiger charge is -2.27. The van der Waals surface area contributed by atoms with Crippen molar-refractivity contribution in [1.29, 1.82) is 0 Å². The van der Waals surface area contributed by atoms with E-state index in [9.17, 15) is 9.18 Å². The lowest BCUT2D eigenvalue weighted by atomic mass is 10.0. The maximum absolute atomic E-state index is 12.8. The molecule has 0 aromatic carbocycles. The fourth-order valence-electron chi connectivity index (χ4n) is 2.75. The molecule has 1 aromatic heterocycles. The minimum absolute atomic E-state index is 0.0728. The Morgan fingerprint density at radius 3 is 2.67 bits per heavy atom. The van der Waals surface area contributed by atoms with Crippen LogP contribution in [-0.4, -0.2) is 34.5 Å². The van der Waals surface area contributed by atoms with E-state index in [2.05, 4.69) is 31.9 Å². The van der Waals surface area contributed by atoms with Gasteiger partial charge in [-0.05, 0) is 56.7 Å². The highest BCUT2D eigenvalue weighted by Crippen LogP contribution is 2.39. The van der Waals surface area contributed by atoms with Crippen molar-refractivity contribution in [2.24, 2.45) is 5.73 Å². The number of carbonyl (C=O) groups excluding carboxylic acids is 1. The number of carbonyl (C=O) groups is 1. The van der Waals surface area contributed by atoms with Gasteiger partial charge >= 0.3 is 0 Å². The van der Waals surface area contributed by atoms with Crippen molar-refractivity contribution < 1.29 is 9.18 Å². The normalized spacial score (nSPS) is 19.1. The molecule has 2 aliphatic rings. The lowest BCUT2D eigenvalue weighted by molar-refractivity contribution is 0.0726. The first-order valence-corrected chi connectivity index (χ1v) is 8.52. The third kappa shape index (κ3) is 2.59. The van der Waals surface area contributed by atoms with Gasteiger partial charge in [0.25, 0.3) is 5.91 Å². The maximum atomic E-state index is 12.8. The van der Waals surface area contributed by atoms with Crippen LogP contribution in [0.25, 0.3) is 0 Å². The van der Waals surface area contributed by atoms with E-state index in [1.54, 1.807) is 0 Å². The zero-order chi connectivity index (χ0) is 15.1. The van der Waals surface area contributed by atoms with Crippen LogP contribution in [0.5, 0.6) is 0 Å². The molecule has 1 fully saturated rings. The van der Waals surface area contributed by atoms with Crippen LogP contribution < -0.4 is 5.73 Å². The van der Waals surface area contributed by atoms with Crippen molar-refractivity contribution in [3.05, 3.63) is 32.2 Å². The molecule has 0 unspecified atom stereocenters. The highest BCUT2D eigenvalue weighted by Gasteiger charge is 2.39. The number of hydrogen-bond donors (Lipinski definition) is 1. The summed E-state index contributed by atoms with van der Waals surface area (Å²) in [6.07, 6.45) is 3.56. The molecule has 1 aromatic rings. The molecule has 1 aliphatic carbocycles. The van der Waals surface area contributed by atoms with Crippen molar-refractivity contribution in [1.82, 2.24) is 9.47 Å². The fourth-order valence-corrected chi connectivity index (χ4v) is 4.40. The van der Waals surface area contributed by atoms with Gasteiger partial charge < -0.3 is 15.2 Å². The van der Waals surface area contributed by atoms with E-state index >= 15 is 0 Å². The lowest BCUT2D eigenvalue weighted by Crippen LogP contribution is -2.38. The topological polar surface area (TPSA) is 51.3 Å². The van der Waals surface area contributed by atoms with Crippen molar-refractivity contribution in [2.45, 2.75) is 31.8 Å². The van der Waals surface area contributed by atoms with Gasteiger partial charge in [-0.3, -0.25) is 4.79 Å². The number of aromatic nitrogens is 1.